The van der Waals surface area contributed by atoms with Gasteiger partial charge in [0.25, 0.3) is 5.92 Å². The predicted octanol–water partition coefficient (Wildman–Crippen LogP) is 16.2. The van der Waals surface area contributed by atoms with Crippen molar-refractivity contribution in [1.82, 2.24) is 73.8 Å². The lowest BCUT2D eigenvalue weighted by atomic mass is 9.96. The standard InChI is InChI=1S/C19H21N5O.C17H15ClF2N4.C17H17ClN4O.C17H17ClN4.C16H15FN4O/c1-13-2-4-15(5-3-13)24-17-12-21-9-6-16(17)19(22-24)23-10-7-14(8-11-23)18(20)25;18-12-1-3-13(4-2-12)24-15-11-21-8-5-14(15)16(22-24)23-9-6-17(19,20)7-10-23;18-12-1-3-13(4-2-12)22-16-11-19-8-5-15(16)17(20-22)21-9-6-14(23)7-10-21;18-13-4-6-14(7-5-13)22-16-12-19-9-8-15(16)17(20-22)21-10-2-1-3-11-21;17-12-1-3-13(4-2-12)21-15-11-18-6-5-14(15)16(19-21)20-7-9-22-10-8-20/h2-6,9,12,14H,7-8,10-11H2,1H3,(H2,20,25);1-5,8,11H,6-7,9-10H2;1-5,8,11,14,23H,6-7,9-10H2;4-9,12H,1-3,10-11H2;1-6,11H,7-10H2. The number of aromatic nitrogens is 15. The fourth-order valence-corrected chi connectivity index (χ4v) is 15.7. The average molecular weight is 1620 g/mol. The van der Waals surface area contributed by atoms with E-state index in [2.05, 4.69) is 86.9 Å². The lowest BCUT2D eigenvalue weighted by Crippen LogP contribution is -2.39. The Morgan fingerprint density at radius 3 is 1.01 bits per heavy atom. The molecule has 20 rings (SSSR count). The van der Waals surface area contributed by atoms with Gasteiger partial charge in [-0.25, -0.2) is 36.6 Å². The number of hydrogen-bond acceptors (Lipinski definition) is 18. The van der Waals surface area contributed by atoms with E-state index in [1.165, 1.54) is 37.0 Å². The highest BCUT2D eigenvalue weighted by molar-refractivity contribution is 6.31. The Balaban J connectivity index is 0.000000109. The van der Waals surface area contributed by atoms with Crippen LogP contribution in [0.3, 0.4) is 0 Å². The van der Waals surface area contributed by atoms with Crippen LogP contribution in [0.15, 0.2) is 214 Å². The molecule has 0 radical (unpaired) electrons. The van der Waals surface area contributed by atoms with E-state index in [0.29, 0.717) is 36.3 Å². The number of benzene rings is 5. The van der Waals surface area contributed by atoms with Crippen LogP contribution >= 0.6 is 34.8 Å². The van der Waals surface area contributed by atoms with E-state index in [9.17, 15) is 23.1 Å². The monoisotopic (exact) mass is 1620 g/mol. The first kappa shape index (κ1) is 78.2. The topological polar surface area (TPSA) is 242 Å². The number of primary amides is 1. The molecule has 3 N–H and O–H groups in total. The molecule has 5 aliphatic heterocycles. The summed E-state index contributed by atoms with van der Waals surface area (Å²) in [5.74, 6) is 1.54. The lowest BCUT2D eigenvalue weighted by molar-refractivity contribution is -0.122. The molecule has 0 saturated carbocycles. The van der Waals surface area contributed by atoms with Crippen molar-refractivity contribution in [3.63, 3.8) is 0 Å². The molecule has 594 valence electrons. The number of anilines is 5. The van der Waals surface area contributed by atoms with Crippen molar-refractivity contribution in [2.45, 2.75) is 76.7 Å². The van der Waals surface area contributed by atoms with Gasteiger partial charge in [0.15, 0.2) is 29.1 Å². The first-order valence-corrected chi connectivity index (χ1v) is 40.1. The summed E-state index contributed by atoms with van der Waals surface area (Å²) >= 11 is 17.9. The normalized spacial score (nSPS) is 16.0. The summed E-state index contributed by atoms with van der Waals surface area (Å²) in [4.78, 5) is 43.6. The van der Waals surface area contributed by atoms with Crippen LogP contribution in [0.25, 0.3) is 83.0 Å². The maximum atomic E-state index is 13.4. The zero-order valence-electron chi connectivity index (χ0n) is 63.8. The van der Waals surface area contributed by atoms with Crippen LogP contribution in [0.5, 0.6) is 0 Å². The van der Waals surface area contributed by atoms with Gasteiger partial charge in [0.2, 0.25) is 5.91 Å². The molecule has 1 amide bonds. The van der Waals surface area contributed by atoms with E-state index < -0.39 is 5.92 Å². The summed E-state index contributed by atoms with van der Waals surface area (Å²) in [5, 5.41) is 41.0. The number of ether oxygens (including phenoxy) is 1. The van der Waals surface area contributed by atoms with Crippen molar-refractivity contribution >= 4 is 124 Å². The molecule has 5 fully saturated rings. The van der Waals surface area contributed by atoms with Gasteiger partial charge in [-0.2, -0.15) is 0 Å². The van der Waals surface area contributed by atoms with Crippen LogP contribution in [-0.2, 0) is 9.53 Å². The molecular formula is C86H85Cl3F3N21O3. The van der Waals surface area contributed by atoms with Crippen LogP contribution in [0.2, 0.25) is 15.1 Å². The maximum Gasteiger partial charge on any atom is 0.251 e. The van der Waals surface area contributed by atoms with E-state index in [1.54, 1.807) is 66.1 Å². The highest BCUT2D eigenvalue weighted by Crippen LogP contribution is 2.38. The number of hydrogen-bond donors (Lipinski definition) is 2. The van der Waals surface area contributed by atoms with Crippen molar-refractivity contribution in [1.29, 1.82) is 0 Å². The molecule has 15 aromatic rings. The molecule has 116 heavy (non-hydrogen) atoms. The number of amides is 1. The van der Waals surface area contributed by atoms with Crippen molar-refractivity contribution in [3.05, 3.63) is 240 Å². The second kappa shape index (κ2) is 35.1. The highest BCUT2D eigenvalue weighted by atomic mass is 35.5. The number of carbonyl (C=O) groups excluding carboxylic acids is 1. The molecule has 5 aliphatic rings. The molecule has 24 nitrogen and oxygen atoms in total. The van der Waals surface area contributed by atoms with Gasteiger partial charge >= 0.3 is 0 Å². The number of aliphatic hydroxyl groups excluding tert-OH is 1. The Hall–Kier alpha value is -11.8. The molecule has 0 aliphatic carbocycles. The number of aryl methyl sites for hydroxylation is 1. The Morgan fingerprint density at radius 1 is 0.397 bits per heavy atom. The van der Waals surface area contributed by atoms with Crippen molar-refractivity contribution in [2.75, 3.05) is 103 Å². The number of piperidine rings is 4. The number of aliphatic hydroxyl groups is 1. The average Bonchev–Trinajstić information content (AvgIpc) is 1.65. The molecule has 15 heterocycles. The molecule has 30 heteroatoms. The number of halogens is 6. The Morgan fingerprint density at radius 2 is 0.681 bits per heavy atom. The summed E-state index contributed by atoms with van der Waals surface area (Å²) in [5.41, 5.74) is 16.0. The van der Waals surface area contributed by atoms with Gasteiger partial charge in [-0.15, -0.1) is 25.5 Å². The van der Waals surface area contributed by atoms with Crippen LogP contribution in [0, 0.1) is 18.7 Å². The van der Waals surface area contributed by atoms with Crippen LogP contribution in [0.4, 0.5) is 42.3 Å². The quantitative estimate of drug-likeness (QED) is 0.122. The summed E-state index contributed by atoms with van der Waals surface area (Å²) in [7, 11) is 0. The summed E-state index contributed by atoms with van der Waals surface area (Å²) in [6.45, 7) is 11.1. The molecule has 5 aromatic carbocycles. The molecule has 0 bridgehead atoms. The SMILES string of the molecule is Cc1ccc(-n2nc(N3CCC(C(N)=O)CC3)c3ccncc32)cc1.Clc1ccc(-n2nc(N3CCCCC3)c3ccncc32)cc1.FC1(F)CCN(c2nn(-c3ccc(Cl)cc3)c3cnccc23)CC1.Fc1ccc(-n2nc(N3CCOCC3)c3ccncc32)cc1.OC1CCN(c2nn(-c3ccc(Cl)cc3)c3cnccc23)CC1. The molecule has 0 spiro atoms. The van der Waals surface area contributed by atoms with E-state index >= 15 is 0 Å². The number of fused-ring (bicyclic) bond motifs is 5. The summed E-state index contributed by atoms with van der Waals surface area (Å²) < 4.78 is 54.8. The third kappa shape index (κ3) is 17.4. The third-order valence-electron chi connectivity index (χ3n) is 21.6. The van der Waals surface area contributed by atoms with Crippen LogP contribution < -0.4 is 30.2 Å². The lowest BCUT2D eigenvalue weighted by Gasteiger charge is -2.31. The minimum Gasteiger partial charge on any atom is -0.393 e. The number of nitrogens with two attached hydrogens (primary N) is 1. The number of alkyl halides is 2. The van der Waals surface area contributed by atoms with Gasteiger partial charge in [0, 0.05) is 157 Å². The second-order valence-electron chi connectivity index (χ2n) is 29.3. The minimum atomic E-state index is -2.58. The largest absolute Gasteiger partial charge is 0.393 e. The van der Waals surface area contributed by atoms with Gasteiger partial charge in [-0.05, 0) is 191 Å². The van der Waals surface area contributed by atoms with Gasteiger partial charge in [-0.1, -0.05) is 52.5 Å². The Kier molecular flexibility index (Phi) is 23.7. The third-order valence-corrected chi connectivity index (χ3v) is 22.4. The van der Waals surface area contributed by atoms with Crippen molar-refractivity contribution in [2.24, 2.45) is 11.7 Å². The summed E-state index contributed by atoms with van der Waals surface area (Å²) in [6, 6.07) is 47.2. The minimum absolute atomic E-state index is 0.0247. The second-order valence-corrected chi connectivity index (χ2v) is 30.6. The van der Waals surface area contributed by atoms with Crippen molar-refractivity contribution < 1.29 is 27.8 Å². The molecule has 5 saturated heterocycles. The molecule has 0 unspecified atom stereocenters. The number of pyridine rings is 5. The number of nitrogens with zero attached hydrogens (tertiary/aromatic N) is 20. The van der Waals surface area contributed by atoms with Gasteiger partial charge in [0.1, 0.15) is 5.82 Å². The van der Waals surface area contributed by atoms with E-state index in [-0.39, 0.29) is 36.6 Å². The van der Waals surface area contributed by atoms with Gasteiger partial charge < -0.3 is 40.1 Å². The van der Waals surface area contributed by atoms with Gasteiger partial charge in [-0.3, -0.25) is 29.7 Å². The van der Waals surface area contributed by atoms with E-state index in [4.69, 9.17) is 65.7 Å². The first-order chi connectivity index (χ1) is 56.5. The molecule has 10 aromatic heterocycles. The Bertz CT molecular complexity index is 5710. The Labute approximate surface area is 682 Å². The van der Waals surface area contributed by atoms with E-state index in [1.807, 2.05) is 133 Å². The zero-order valence-corrected chi connectivity index (χ0v) is 66.0. The number of rotatable bonds is 11. The number of morpholine rings is 1. The highest BCUT2D eigenvalue weighted by Gasteiger charge is 2.36. The van der Waals surface area contributed by atoms with E-state index in [0.717, 1.165) is 195 Å². The van der Waals surface area contributed by atoms with Crippen molar-refractivity contribution in [3.8, 4) is 28.4 Å². The fraction of sp³-hybridized carbons (Fsp3) is 0.291. The zero-order chi connectivity index (χ0) is 79.8. The maximum absolute atomic E-state index is 13.4. The first-order valence-electron chi connectivity index (χ1n) is 39.0. The summed E-state index contributed by atoms with van der Waals surface area (Å²) in [6.07, 6.45) is 24.4. The van der Waals surface area contributed by atoms with Gasteiger partial charge in [0.05, 0.1) is 106 Å². The number of carbonyl (C=O) groups is 1. The van der Waals surface area contributed by atoms with Crippen LogP contribution in [-0.4, -0.2) is 176 Å². The smallest absolute Gasteiger partial charge is 0.251 e. The predicted molar refractivity (Wildman–Crippen MR) is 451 cm³/mol. The molecular weight excluding hydrogens is 1540 g/mol. The molecule has 0 atom stereocenters. The van der Waals surface area contributed by atoms with Crippen LogP contribution in [0.1, 0.15) is 63.4 Å². The fourth-order valence-electron chi connectivity index (χ4n) is 15.3.